The van der Waals surface area contributed by atoms with Crippen LogP contribution in [0.3, 0.4) is 0 Å². The molecule has 0 rings (SSSR count). The lowest BCUT2D eigenvalue weighted by Gasteiger charge is -2.21. The molecule has 0 aromatic rings. The van der Waals surface area contributed by atoms with Crippen LogP contribution in [0.2, 0.25) is 0 Å². The summed E-state index contributed by atoms with van der Waals surface area (Å²) in [6.07, 6.45) is 1.06. The van der Waals surface area contributed by atoms with Gasteiger partial charge in [0.2, 0.25) is 5.91 Å². The number of methoxy groups -OCH3 is 2. The minimum Gasteiger partial charge on any atom is -0.469 e. The van der Waals surface area contributed by atoms with Gasteiger partial charge in [0.15, 0.2) is 0 Å². The molecule has 0 atom stereocenters. The molecule has 19 heavy (non-hydrogen) atoms. The van der Waals surface area contributed by atoms with Gasteiger partial charge in [0.1, 0.15) is 9.84 Å². The lowest BCUT2D eigenvalue weighted by molar-refractivity contribution is -0.141. The molecule has 0 unspecified atom stereocenters. The molecule has 0 bridgehead atoms. The zero-order valence-corrected chi connectivity index (χ0v) is 12.4. The van der Waals surface area contributed by atoms with Crippen molar-refractivity contribution in [2.75, 3.05) is 45.9 Å². The third-order valence-corrected chi connectivity index (χ3v) is 3.36. The molecule has 0 aliphatic carbocycles. The van der Waals surface area contributed by atoms with Gasteiger partial charge in [-0.2, -0.15) is 0 Å². The predicted octanol–water partition coefficient (Wildman–Crippen LogP) is -0.541. The Kier molecular flexibility index (Phi) is 8.33. The van der Waals surface area contributed by atoms with Crippen LogP contribution >= 0.6 is 0 Å². The normalized spacial score (nSPS) is 11.1. The van der Waals surface area contributed by atoms with E-state index in [-0.39, 0.29) is 31.0 Å². The van der Waals surface area contributed by atoms with Crippen molar-refractivity contribution >= 4 is 21.7 Å². The molecule has 0 spiro atoms. The molecule has 0 aliphatic heterocycles. The van der Waals surface area contributed by atoms with Crippen molar-refractivity contribution in [1.29, 1.82) is 0 Å². The number of amides is 1. The fourth-order valence-corrected chi connectivity index (χ4v) is 1.87. The molecular formula is C11H21NO6S. The molecule has 1 amide bonds. The number of carbonyl (C=O) groups excluding carboxylic acids is 2. The van der Waals surface area contributed by atoms with Crippen LogP contribution < -0.4 is 0 Å². The number of hydrogen-bond acceptors (Lipinski definition) is 6. The van der Waals surface area contributed by atoms with E-state index in [4.69, 9.17) is 4.74 Å². The van der Waals surface area contributed by atoms with Crippen molar-refractivity contribution in [3.63, 3.8) is 0 Å². The van der Waals surface area contributed by atoms with E-state index in [2.05, 4.69) is 4.74 Å². The molecular weight excluding hydrogens is 274 g/mol. The Morgan fingerprint density at radius 1 is 1.11 bits per heavy atom. The summed E-state index contributed by atoms with van der Waals surface area (Å²) in [5, 5.41) is 0. The predicted molar refractivity (Wildman–Crippen MR) is 69.4 cm³/mol. The van der Waals surface area contributed by atoms with E-state index in [0.29, 0.717) is 13.2 Å². The van der Waals surface area contributed by atoms with Crippen molar-refractivity contribution in [3.05, 3.63) is 0 Å². The smallest absolute Gasteiger partial charge is 0.307 e. The minimum absolute atomic E-state index is 0.0742. The summed E-state index contributed by atoms with van der Waals surface area (Å²) in [6, 6.07) is 0. The Morgan fingerprint density at radius 3 is 2.21 bits per heavy atom. The van der Waals surface area contributed by atoms with Crippen LogP contribution in [0.5, 0.6) is 0 Å². The largest absolute Gasteiger partial charge is 0.469 e. The maximum absolute atomic E-state index is 11.9. The third kappa shape index (κ3) is 9.43. The highest BCUT2D eigenvalue weighted by molar-refractivity contribution is 7.90. The number of nitrogens with zero attached hydrogens (tertiary/aromatic N) is 1. The SMILES string of the molecule is COCCN(CCC(=O)OC)C(=O)CCS(C)(=O)=O. The van der Waals surface area contributed by atoms with E-state index in [1.165, 1.54) is 19.1 Å². The van der Waals surface area contributed by atoms with Gasteiger partial charge in [-0.3, -0.25) is 9.59 Å². The van der Waals surface area contributed by atoms with Gasteiger partial charge in [0.05, 0.1) is 25.9 Å². The minimum atomic E-state index is -3.18. The first-order chi connectivity index (χ1) is 8.80. The third-order valence-electron chi connectivity index (χ3n) is 2.42. The van der Waals surface area contributed by atoms with Crippen LogP contribution in [-0.2, 0) is 28.9 Å². The number of carbonyl (C=O) groups is 2. The lowest BCUT2D eigenvalue weighted by Crippen LogP contribution is -2.36. The molecule has 8 heteroatoms. The summed E-state index contributed by atoms with van der Waals surface area (Å²) in [6.45, 7) is 0.834. The van der Waals surface area contributed by atoms with Gasteiger partial charge in [-0.15, -0.1) is 0 Å². The standard InChI is InChI=1S/C11H21NO6S/c1-17-8-7-12(6-4-11(14)18-2)10(13)5-9-19(3,15)16/h4-9H2,1-3H3. The van der Waals surface area contributed by atoms with Crippen molar-refractivity contribution in [3.8, 4) is 0 Å². The highest BCUT2D eigenvalue weighted by Crippen LogP contribution is 2.00. The molecule has 0 saturated carbocycles. The number of rotatable bonds is 9. The number of ether oxygens (including phenoxy) is 2. The summed E-state index contributed by atoms with van der Waals surface area (Å²) in [4.78, 5) is 24.3. The van der Waals surface area contributed by atoms with E-state index in [9.17, 15) is 18.0 Å². The molecule has 0 N–H and O–H groups in total. The Bertz CT molecular complexity index is 392. The topological polar surface area (TPSA) is 90.0 Å². The number of sulfone groups is 1. The second kappa shape index (κ2) is 8.87. The van der Waals surface area contributed by atoms with Gasteiger partial charge < -0.3 is 14.4 Å². The van der Waals surface area contributed by atoms with E-state index < -0.39 is 15.8 Å². The lowest BCUT2D eigenvalue weighted by atomic mass is 10.3. The van der Waals surface area contributed by atoms with E-state index in [1.807, 2.05) is 0 Å². The zero-order chi connectivity index (χ0) is 14.9. The molecule has 112 valence electrons. The van der Waals surface area contributed by atoms with Crippen molar-refractivity contribution < 1.29 is 27.5 Å². The second-order valence-electron chi connectivity index (χ2n) is 4.08. The van der Waals surface area contributed by atoms with Crippen LogP contribution in [0.4, 0.5) is 0 Å². The maximum atomic E-state index is 11.9. The van der Waals surface area contributed by atoms with Crippen molar-refractivity contribution in [2.24, 2.45) is 0 Å². The van der Waals surface area contributed by atoms with E-state index in [0.717, 1.165) is 6.26 Å². The summed E-state index contributed by atoms with van der Waals surface area (Å²) < 4.78 is 31.4. The first kappa shape index (κ1) is 17.8. The number of esters is 1. The summed E-state index contributed by atoms with van der Waals surface area (Å²) in [7, 11) is -0.409. The van der Waals surface area contributed by atoms with Gasteiger partial charge >= 0.3 is 5.97 Å². The first-order valence-corrected chi connectivity index (χ1v) is 7.87. The van der Waals surface area contributed by atoms with Crippen LogP contribution in [0, 0.1) is 0 Å². The van der Waals surface area contributed by atoms with E-state index >= 15 is 0 Å². The Labute approximate surface area is 113 Å². The first-order valence-electron chi connectivity index (χ1n) is 5.81. The van der Waals surface area contributed by atoms with Gasteiger partial charge in [0, 0.05) is 32.9 Å². The average molecular weight is 295 g/mol. The highest BCUT2D eigenvalue weighted by Gasteiger charge is 2.16. The average Bonchev–Trinajstić information content (AvgIpc) is 2.34. The number of hydrogen-bond donors (Lipinski definition) is 0. The van der Waals surface area contributed by atoms with Gasteiger partial charge in [0.25, 0.3) is 0 Å². The van der Waals surface area contributed by atoms with Crippen LogP contribution in [0.15, 0.2) is 0 Å². The van der Waals surface area contributed by atoms with Crippen LogP contribution in [-0.4, -0.2) is 71.1 Å². The Morgan fingerprint density at radius 2 is 1.74 bits per heavy atom. The molecule has 0 aromatic carbocycles. The van der Waals surface area contributed by atoms with Crippen molar-refractivity contribution in [1.82, 2.24) is 4.90 Å². The Hall–Kier alpha value is -1.15. The van der Waals surface area contributed by atoms with Gasteiger partial charge in [-0.1, -0.05) is 0 Å². The molecule has 7 nitrogen and oxygen atoms in total. The molecule has 0 saturated heterocycles. The zero-order valence-electron chi connectivity index (χ0n) is 11.5. The van der Waals surface area contributed by atoms with Gasteiger partial charge in [-0.25, -0.2) is 8.42 Å². The Balaban J connectivity index is 4.38. The molecule has 0 radical (unpaired) electrons. The summed E-state index contributed by atoms with van der Waals surface area (Å²) >= 11 is 0. The van der Waals surface area contributed by atoms with Crippen LogP contribution in [0.25, 0.3) is 0 Å². The highest BCUT2D eigenvalue weighted by atomic mass is 32.2. The summed E-state index contributed by atoms with van der Waals surface area (Å²) in [5.74, 6) is -0.933. The fourth-order valence-electron chi connectivity index (χ4n) is 1.32. The fraction of sp³-hybridized carbons (Fsp3) is 0.818. The second-order valence-corrected chi connectivity index (χ2v) is 6.34. The van der Waals surface area contributed by atoms with Gasteiger partial charge in [-0.05, 0) is 0 Å². The summed E-state index contributed by atoms with van der Waals surface area (Å²) in [5.41, 5.74) is 0. The monoisotopic (exact) mass is 295 g/mol. The van der Waals surface area contributed by atoms with Crippen molar-refractivity contribution in [2.45, 2.75) is 12.8 Å². The quantitative estimate of drug-likeness (QED) is 0.531. The molecule has 0 aromatic heterocycles. The van der Waals surface area contributed by atoms with E-state index in [1.54, 1.807) is 0 Å². The molecule has 0 heterocycles. The molecule has 0 fully saturated rings. The maximum Gasteiger partial charge on any atom is 0.307 e. The molecule has 0 aliphatic rings. The van der Waals surface area contributed by atoms with Crippen LogP contribution in [0.1, 0.15) is 12.8 Å².